The monoisotopic (exact) mass is 735 g/mol. The van der Waals surface area contributed by atoms with Crippen LogP contribution in [0.4, 0.5) is 0 Å². The van der Waals surface area contributed by atoms with Crippen LogP contribution in [0.3, 0.4) is 0 Å². The molecule has 4 N–H and O–H groups in total. The molecular formula is C43H78N2O7. The summed E-state index contributed by atoms with van der Waals surface area (Å²) in [6, 6.07) is -1.38. The maximum Gasteiger partial charge on any atom is 0.328 e. The Kier molecular flexibility index (Phi) is 36.1. The van der Waals surface area contributed by atoms with E-state index in [1.54, 1.807) is 0 Å². The third-order valence-corrected chi connectivity index (χ3v) is 9.45. The summed E-state index contributed by atoms with van der Waals surface area (Å²) in [7, 11) is 0. The molecule has 0 spiro atoms. The quantitative estimate of drug-likeness (QED) is 0.0281. The van der Waals surface area contributed by atoms with E-state index in [1.807, 2.05) is 0 Å². The summed E-state index contributed by atoms with van der Waals surface area (Å²) in [4.78, 5) is 47.5. The van der Waals surface area contributed by atoms with Crippen molar-refractivity contribution in [3.05, 3.63) is 24.3 Å². The first-order valence-corrected chi connectivity index (χ1v) is 21.2. The predicted molar refractivity (Wildman–Crippen MR) is 213 cm³/mol. The van der Waals surface area contributed by atoms with Gasteiger partial charge in [-0.1, -0.05) is 141 Å². The number of nitrogens with one attached hydrogen (secondary N) is 2. The molecule has 0 aliphatic heterocycles. The third kappa shape index (κ3) is 34.4. The van der Waals surface area contributed by atoms with Crippen LogP contribution < -0.4 is 10.6 Å². The lowest BCUT2D eigenvalue weighted by molar-refractivity contribution is -0.150. The summed E-state index contributed by atoms with van der Waals surface area (Å²) in [5.41, 5.74) is 0. The zero-order chi connectivity index (χ0) is 38.3. The molecule has 0 aromatic carbocycles. The van der Waals surface area contributed by atoms with Crippen LogP contribution in [-0.4, -0.2) is 59.3 Å². The van der Waals surface area contributed by atoms with Gasteiger partial charge < -0.3 is 25.6 Å². The van der Waals surface area contributed by atoms with Crippen LogP contribution in [0.1, 0.15) is 200 Å². The number of rotatable bonds is 38. The summed E-state index contributed by atoms with van der Waals surface area (Å²) in [6.45, 7) is 3.46. The van der Waals surface area contributed by atoms with Gasteiger partial charge in [-0.25, -0.2) is 4.79 Å². The van der Waals surface area contributed by atoms with Crippen LogP contribution in [0.5, 0.6) is 0 Å². The van der Waals surface area contributed by atoms with Crippen molar-refractivity contribution < 1.29 is 34.1 Å². The molecule has 0 aliphatic carbocycles. The van der Waals surface area contributed by atoms with E-state index in [0.29, 0.717) is 19.3 Å². The molecular weight excluding hydrogens is 656 g/mol. The van der Waals surface area contributed by atoms with E-state index in [2.05, 4.69) is 48.8 Å². The molecule has 9 nitrogen and oxygen atoms in total. The fourth-order valence-corrected chi connectivity index (χ4v) is 6.16. The highest BCUT2D eigenvalue weighted by molar-refractivity contribution is 5.87. The Bertz CT molecular complexity index is 936. The van der Waals surface area contributed by atoms with Crippen LogP contribution in [0.15, 0.2) is 24.3 Å². The molecule has 0 aromatic heterocycles. The van der Waals surface area contributed by atoms with Gasteiger partial charge in [-0.15, -0.1) is 0 Å². The number of carbonyl (C=O) groups excluding carboxylic acids is 3. The largest absolute Gasteiger partial charge is 0.480 e. The number of hydrogen-bond donors (Lipinski definition) is 4. The standard InChI is InChI=1S/C43H78N2O7/c1-3-5-7-9-11-13-14-15-16-17-18-20-21-24-28-32-38(52-42(49)35-31-27-22-19-12-10-8-6-4-2)33-29-25-23-26-30-34-40(47)44-36-41(48)45-39(37-46)43(50)51/h14-15,17-18,38-39,46H,3-13,16,19-37H2,1-2H3,(H,44,47)(H,45,48)(H,50,51)/b15-14-,18-17-. The van der Waals surface area contributed by atoms with Gasteiger partial charge in [-0.3, -0.25) is 14.4 Å². The summed E-state index contributed by atoms with van der Waals surface area (Å²) < 4.78 is 6.00. The summed E-state index contributed by atoms with van der Waals surface area (Å²) in [6.07, 6.45) is 40.6. The Labute approximate surface area is 317 Å². The number of allylic oxidation sites excluding steroid dienone is 4. The van der Waals surface area contributed by atoms with E-state index in [1.165, 1.54) is 83.5 Å². The summed E-state index contributed by atoms with van der Waals surface area (Å²) in [5.74, 6) is -2.31. The van der Waals surface area contributed by atoms with Gasteiger partial charge in [-0.2, -0.15) is 0 Å². The maximum atomic E-state index is 12.7. The first-order chi connectivity index (χ1) is 25.3. The molecule has 2 atom stereocenters. The van der Waals surface area contributed by atoms with Gasteiger partial charge in [0.2, 0.25) is 11.8 Å². The Morgan fingerprint density at radius 2 is 1.04 bits per heavy atom. The molecule has 302 valence electrons. The number of aliphatic carboxylic acids is 1. The molecule has 2 unspecified atom stereocenters. The van der Waals surface area contributed by atoms with Gasteiger partial charge in [0.15, 0.2) is 0 Å². The summed E-state index contributed by atoms with van der Waals surface area (Å²) in [5, 5.41) is 22.5. The van der Waals surface area contributed by atoms with Crippen molar-refractivity contribution in [3.8, 4) is 0 Å². The van der Waals surface area contributed by atoms with Crippen molar-refractivity contribution in [1.82, 2.24) is 10.6 Å². The van der Waals surface area contributed by atoms with E-state index in [9.17, 15) is 19.2 Å². The Morgan fingerprint density at radius 1 is 0.577 bits per heavy atom. The van der Waals surface area contributed by atoms with E-state index >= 15 is 0 Å². The summed E-state index contributed by atoms with van der Waals surface area (Å²) >= 11 is 0. The third-order valence-electron chi connectivity index (χ3n) is 9.45. The lowest BCUT2D eigenvalue weighted by Crippen LogP contribution is -2.47. The smallest absolute Gasteiger partial charge is 0.328 e. The van der Waals surface area contributed by atoms with Crippen LogP contribution in [0.2, 0.25) is 0 Å². The van der Waals surface area contributed by atoms with Crippen molar-refractivity contribution in [1.29, 1.82) is 0 Å². The van der Waals surface area contributed by atoms with Gasteiger partial charge in [0.05, 0.1) is 13.2 Å². The van der Waals surface area contributed by atoms with Gasteiger partial charge in [0.1, 0.15) is 12.1 Å². The normalized spacial score (nSPS) is 12.7. The Morgan fingerprint density at radius 3 is 1.56 bits per heavy atom. The highest BCUT2D eigenvalue weighted by atomic mass is 16.5. The highest BCUT2D eigenvalue weighted by Crippen LogP contribution is 2.18. The number of unbranched alkanes of at least 4 members (excludes halogenated alkanes) is 20. The minimum Gasteiger partial charge on any atom is -0.480 e. The van der Waals surface area contributed by atoms with Crippen molar-refractivity contribution in [2.45, 2.75) is 212 Å². The van der Waals surface area contributed by atoms with E-state index < -0.39 is 24.5 Å². The molecule has 9 heteroatoms. The van der Waals surface area contributed by atoms with Gasteiger partial charge in [-0.05, 0) is 70.6 Å². The fourth-order valence-electron chi connectivity index (χ4n) is 6.16. The predicted octanol–water partition coefficient (Wildman–Crippen LogP) is 10.0. The van der Waals surface area contributed by atoms with Crippen molar-refractivity contribution in [2.24, 2.45) is 0 Å². The van der Waals surface area contributed by atoms with Crippen LogP contribution in [0, 0.1) is 0 Å². The lowest BCUT2D eigenvalue weighted by Gasteiger charge is -2.18. The van der Waals surface area contributed by atoms with Crippen LogP contribution in [-0.2, 0) is 23.9 Å². The number of carboxylic acid groups (broad SMARTS) is 1. The molecule has 0 bridgehead atoms. The number of carboxylic acids is 1. The van der Waals surface area contributed by atoms with Gasteiger partial charge in [0, 0.05) is 12.8 Å². The molecule has 0 fully saturated rings. The number of hydrogen-bond acceptors (Lipinski definition) is 6. The van der Waals surface area contributed by atoms with Crippen LogP contribution in [0.25, 0.3) is 0 Å². The zero-order valence-electron chi connectivity index (χ0n) is 33.3. The first-order valence-electron chi connectivity index (χ1n) is 21.2. The van der Waals surface area contributed by atoms with Gasteiger partial charge >= 0.3 is 11.9 Å². The topological polar surface area (TPSA) is 142 Å². The van der Waals surface area contributed by atoms with Crippen molar-refractivity contribution in [2.75, 3.05) is 13.2 Å². The van der Waals surface area contributed by atoms with E-state index in [4.69, 9.17) is 14.9 Å². The molecule has 0 rings (SSSR count). The number of aliphatic hydroxyl groups excluding tert-OH is 1. The Hall–Kier alpha value is -2.68. The number of amides is 2. The number of esters is 1. The second-order valence-corrected chi connectivity index (χ2v) is 14.4. The molecule has 0 aromatic rings. The number of carbonyl (C=O) groups is 4. The molecule has 2 amide bonds. The minimum atomic E-state index is -1.38. The Balaban J connectivity index is 4.35. The lowest BCUT2D eigenvalue weighted by atomic mass is 10.0. The SMILES string of the molecule is CCCCCCC/C=C\C/C=C\CCCCCC(CCCCCCCC(=O)NCC(=O)NC(CO)C(=O)O)OC(=O)CCCCCCCCCCC. The number of aliphatic hydroxyl groups is 1. The van der Waals surface area contributed by atoms with Crippen molar-refractivity contribution >= 4 is 23.8 Å². The highest BCUT2D eigenvalue weighted by Gasteiger charge is 2.19. The molecule has 0 heterocycles. The van der Waals surface area contributed by atoms with E-state index in [0.717, 1.165) is 83.5 Å². The second-order valence-electron chi connectivity index (χ2n) is 14.4. The second kappa shape index (κ2) is 38.1. The molecule has 0 radical (unpaired) electrons. The minimum absolute atomic E-state index is 0.0304. The average molecular weight is 735 g/mol. The van der Waals surface area contributed by atoms with E-state index in [-0.39, 0.29) is 24.5 Å². The number of ether oxygens (including phenoxy) is 1. The van der Waals surface area contributed by atoms with Crippen molar-refractivity contribution in [3.63, 3.8) is 0 Å². The molecule has 0 saturated heterocycles. The molecule has 0 saturated carbocycles. The average Bonchev–Trinajstić information content (AvgIpc) is 3.13. The van der Waals surface area contributed by atoms with Crippen LogP contribution >= 0.6 is 0 Å². The molecule has 52 heavy (non-hydrogen) atoms. The fraction of sp³-hybridized carbons (Fsp3) is 0.814. The maximum absolute atomic E-state index is 12.7. The first kappa shape index (κ1) is 49.3. The molecule has 0 aliphatic rings. The van der Waals surface area contributed by atoms with Gasteiger partial charge in [0.25, 0.3) is 0 Å². The zero-order valence-corrected chi connectivity index (χ0v) is 33.3.